The number of pyridine rings is 1. The molecule has 8 nitrogen and oxygen atoms in total. The number of hydrogen-bond donors (Lipinski definition) is 2. The van der Waals surface area contributed by atoms with Gasteiger partial charge in [-0.1, -0.05) is 6.07 Å². The third-order valence-corrected chi connectivity index (χ3v) is 4.91. The van der Waals surface area contributed by atoms with Crippen LogP contribution in [-0.4, -0.2) is 63.5 Å². The van der Waals surface area contributed by atoms with Crippen LogP contribution in [0.5, 0.6) is 0 Å². The Bertz CT molecular complexity index is 895. The number of nitrogens with zero attached hydrogens (tertiary/aromatic N) is 5. The topological polar surface area (TPSA) is 95.9 Å². The van der Waals surface area contributed by atoms with Crippen LogP contribution in [0, 0.1) is 0 Å². The smallest absolute Gasteiger partial charge is 0.239 e. The zero-order valence-electron chi connectivity index (χ0n) is 14.6. The van der Waals surface area contributed by atoms with Crippen molar-refractivity contribution in [3.63, 3.8) is 0 Å². The van der Waals surface area contributed by atoms with E-state index in [2.05, 4.69) is 35.5 Å². The van der Waals surface area contributed by atoms with Crippen LogP contribution in [0.3, 0.4) is 0 Å². The summed E-state index contributed by atoms with van der Waals surface area (Å²) in [5.41, 5.74) is 1.31. The van der Waals surface area contributed by atoms with Crippen LogP contribution in [-0.2, 0) is 4.79 Å². The minimum atomic E-state index is -0.0901. The van der Waals surface area contributed by atoms with Gasteiger partial charge in [-0.3, -0.25) is 14.7 Å². The molecule has 0 aromatic carbocycles. The molecule has 0 unspecified atom stereocenters. The molecule has 0 saturated carbocycles. The molecule has 1 aliphatic rings. The Balaban J connectivity index is 1.59. The van der Waals surface area contributed by atoms with Gasteiger partial charge in [-0.15, -0.1) is 11.3 Å². The normalized spacial score (nSPS) is 14.8. The quantitative estimate of drug-likeness (QED) is 0.691. The highest BCUT2D eigenvalue weighted by Crippen LogP contribution is 2.24. The van der Waals surface area contributed by atoms with Gasteiger partial charge in [0.15, 0.2) is 5.82 Å². The maximum Gasteiger partial charge on any atom is 0.239 e. The van der Waals surface area contributed by atoms with Gasteiger partial charge in [0.2, 0.25) is 5.91 Å². The molecule has 0 radical (unpaired) electrons. The van der Waals surface area contributed by atoms with Crippen LogP contribution in [0.1, 0.15) is 0 Å². The van der Waals surface area contributed by atoms with E-state index in [1.54, 1.807) is 18.5 Å². The van der Waals surface area contributed by atoms with Gasteiger partial charge >= 0.3 is 0 Å². The van der Waals surface area contributed by atoms with Crippen molar-refractivity contribution in [2.75, 3.05) is 38.0 Å². The van der Waals surface area contributed by atoms with Crippen molar-refractivity contribution >= 4 is 23.1 Å². The van der Waals surface area contributed by atoms with Gasteiger partial charge in [0.1, 0.15) is 22.2 Å². The molecule has 4 rings (SSSR count). The lowest BCUT2D eigenvalue weighted by molar-refractivity contribution is -0.117. The summed E-state index contributed by atoms with van der Waals surface area (Å²) in [5, 5.41) is 8.84. The highest BCUT2D eigenvalue weighted by Gasteiger charge is 2.16. The van der Waals surface area contributed by atoms with Crippen LogP contribution < -0.4 is 10.6 Å². The molecule has 1 aliphatic heterocycles. The van der Waals surface area contributed by atoms with E-state index in [1.807, 2.05) is 23.6 Å². The average molecular weight is 381 g/mol. The lowest BCUT2D eigenvalue weighted by Crippen LogP contribution is -2.46. The largest absolute Gasteiger partial charge is 0.314 e. The Morgan fingerprint density at radius 1 is 1.15 bits per heavy atom. The van der Waals surface area contributed by atoms with Crippen molar-refractivity contribution in [2.24, 2.45) is 0 Å². The summed E-state index contributed by atoms with van der Waals surface area (Å²) in [4.78, 5) is 32.3. The first kappa shape index (κ1) is 17.7. The highest BCUT2D eigenvalue weighted by molar-refractivity contribution is 7.13. The van der Waals surface area contributed by atoms with Crippen molar-refractivity contribution in [3.05, 3.63) is 42.0 Å². The van der Waals surface area contributed by atoms with Crippen molar-refractivity contribution in [1.29, 1.82) is 0 Å². The summed E-state index contributed by atoms with van der Waals surface area (Å²) in [6, 6.07) is 7.31. The predicted octanol–water partition coefficient (Wildman–Crippen LogP) is 1.51. The van der Waals surface area contributed by atoms with Gasteiger partial charge < -0.3 is 10.6 Å². The number of amides is 1. The maximum absolute atomic E-state index is 12.5. The number of rotatable bonds is 5. The minimum Gasteiger partial charge on any atom is -0.314 e. The van der Waals surface area contributed by atoms with Gasteiger partial charge in [0, 0.05) is 50.0 Å². The van der Waals surface area contributed by atoms with E-state index in [9.17, 15) is 4.79 Å². The van der Waals surface area contributed by atoms with Gasteiger partial charge in [-0.05, 0) is 12.1 Å². The number of anilines is 1. The molecule has 1 amide bonds. The minimum absolute atomic E-state index is 0.0901. The maximum atomic E-state index is 12.5. The molecule has 9 heteroatoms. The number of carbonyl (C=O) groups excluding carboxylic acids is 1. The second-order valence-corrected chi connectivity index (χ2v) is 6.98. The SMILES string of the molecule is O=C(CN1CCNCC1)Nc1cc(-c2nccs2)nc(-c2ccccn2)n1. The summed E-state index contributed by atoms with van der Waals surface area (Å²) < 4.78 is 0. The fraction of sp³-hybridized carbons (Fsp3) is 0.278. The molecule has 0 spiro atoms. The molecule has 27 heavy (non-hydrogen) atoms. The Morgan fingerprint density at radius 2 is 2.04 bits per heavy atom. The third-order valence-electron chi connectivity index (χ3n) is 4.12. The molecule has 2 N–H and O–H groups in total. The first-order valence-corrected chi connectivity index (χ1v) is 9.59. The molecular weight excluding hydrogens is 362 g/mol. The number of hydrogen-bond acceptors (Lipinski definition) is 8. The summed E-state index contributed by atoms with van der Waals surface area (Å²) in [5.74, 6) is 0.824. The van der Waals surface area contributed by atoms with Gasteiger partial charge in [-0.25, -0.2) is 15.0 Å². The summed E-state index contributed by atoms with van der Waals surface area (Å²) in [6.07, 6.45) is 3.42. The summed E-state index contributed by atoms with van der Waals surface area (Å²) in [6.45, 7) is 3.87. The lowest BCUT2D eigenvalue weighted by Gasteiger charge is -2.26. The number of thiazole rings is 1. The standard InChI is InChI=1S/C18H19N7OS/c26-16(12-25-8-5-19-6-9-25)23-15-11-14(18-21-7-10-27-18)22-17(24-15)13-3-1-2-4-20-13/h1-4,7,10-11,19H,5-6,8-9,12H2,(H,22,23,24,26). The molecule has 3 aromatic heterocycles. The Morgan fingerprint density at radius 3 is 2.78 bits per heavy atom. The zero-order valence-corrected chi connectivity index (χ0v) is 15.4. The van der Waals surface area contributed by atoms with E-state index in [0.717, 1.165) is 31.2 Å². The second-order valence-electron chi connectivity index (χ2n) is 6.09. The van der Waals surface area contributed by atoms with E-state index >= 15 is 0 Å². The van der Waals surface area contributed by atoms with Crippen LogP contribution in [0.2, 0.25) is 0 Å². The van der Waals surface area contributed by atoms with E-state index < -0.39 is 0 Å². The Labute approximate surface area is 160 Å². The van der Waals surface area contributed by atoms with Gasteiger partial charge in [0.25, 0.3) is 0 Å². The van der Waals surface area contributed by atoms with Crippen LogP contribution in [0.4, 0.5) is 5.82 Å². The van der Waals surface area contributed by atoms with E-state index in [1.165, 1.54) is 11.3 Å². The average Bonchev–Trinajstić information content (AvgIpc) is 3.24. The molecule has 1 saturated heterocycles. The Kier molecular flexibility index (Phi) is 5.42. The monoisotopic (exact) mass is 381 g/mol. The van der Waals surface area contributed by atoms with E-state index in [4.69, 9.17) is 0 Å². The summed E-state index contributed by atoms with van der Waals surface area (Å²) in [7, 11) is 0. The van der Waals surface area contributed by atoms with Crippen LogP contribution in [0.25, 0.3) is 22.2 Å². The Hall–Kier alpha value is -2.75. The predicted molar refractivity (Wildman–Crippen MR) is 104 cm³/mol. The fourth-order valence-corrected chi connectivity index (χ4v) is 3.43. The van der Waals surface area contributed by atoms with Crippen molar-refractivity contribution < 1.29 is 4.79 Å². The highest BCUT2D eigenvalue weighted by atomic mass is 32.1. The molecule has 0 aliphatic carbocycles. The molecule has 138 valence electrons. The number of aromatic nitrogens is 4. The van der Waals surface area contributed by atoms with Crippen molar-refractivity contribution in [1.82, 2.24) is 30.2 Å². The number of piperazine rings is 1. The van der Waals surface area contributed by atoms with Crippen molar-refractivity contribution in [2.45, 2.75) is 0 Å². The van der Waals surface area contributed by atoms with Crippen molar-refractivity contribution in [3.8, 4) is 22.2 Å². The third kappa shape index (κ3) is 4.51. The number of carbonyl (C=O) groups is 1. The summed E-state index contributed by atoms with van der Waals surface area (Å²) >= 11 is 1.49. The molecule has 4 heterocycles. The van der Waals surface area contributed by atoms with Gasteiger partial charge in [0.05, 0.1) is 6.54 Å². The van der Waals surface area contributed by atoms with E-state index in [-0.39, 0.29) is 5.91 Å². The van der Waals surface area contributed by atoms with Crippen LogP contribution in [0.15, 0.2) is 42.0 Å². The van der Waals surface area contributed by atoms with Crippen LogP contribution >= 0.6 is 11.3 Å². The van der Waals surface area contributed by atoms with E-state index in [0.29, 0.717) is 29.6 Å². The molecule has 0 bridgehead atoms. The fourth-order valence-electron chi connectivity index (χ4n) is 2.84. The molecular formula is C18H19N7OS. The lowest BCUT2D eigenvalue weighted by atomic mass is 10.3. The second kappa shape index (κ2) is 8.30. The molecule has 1 fully saturated rings. The molecule has 3 aromatic rings. The molecule has 0 atom stereocenters. The number of nitrogens with one attached hydrogen (secondary N) is 2. The zero-order chi connectivity index (χ0) is 18.5. The van der Waals surface area contributed by atoms with Gasteiger partial charge in [-0.2, -0.15) is 0 Å². The first-order chi connectivity index (χ1) is 13.3. The first-order valence-electron chi connectivity index (χ1n) is 8.71.